The predicted molar refractivity (Wildman–Crippen MR) is 109 cm³/mol. The van der Waals surface area contributed by atoms with Gasteiger partial charge in [0.1, 0.15) is 0 Å². The molecular formula is C20H27ClN2O3S. The molecule has 1 fully saturated rings. The minimum absolute atomic E-state index is 0.0429. The number of benzene rings is 1. The summed E-state index contributed by atoms with van der Waals surface area (Å²) in [4.78, 5) is 0. The van der Waals surface area contributed by atoms with E-state index in [1.165, 1.54) is 16.8 Å². The fourth-order valence-electron chi connectivity index (χ4n) is 4.87. The first-order valence-corrected chi connectivity index (χ1v) is 11.9. The van der Waals surface area contributed by atoms with Crippen molar-refractivity contribution in [3.05, 3.63) is 34.5 Å². The molecule has 1 aromatic carbocycles. The molecule has 0 amide bonds. The maximum atomic E-state index is 12.8. The van der Waals surface area contributed by atoms with Crippen LogP contribution in [0, 0.1) is 5.92 Å². The first-order chi connectivity index (χ1) is 12.9. The first-order valence-electron chi connectivity index (χ1n) is 9.87. The number of rotatable bonds is 5. The van der Waals surface area contributed by atoms with Gasteiger partial charge in [0, 0.05) is 29.4 Å². The lowest BCUT2D eigenvalue weighted by Crippen LogP contribution is -2.33. The average molecular weight is 411 g/mol. The Hall–Kier alpha value is -1.08. The lowest BCUT2D eigenvalue weighted by atomic mass is 9.84. The highest BCUT2D eigenvalue weighted by Crippen LogP contribution is 2.40. The minimum Gasteiger partial charge on any atom is -0.393 e. The lowest BCUT2D eigenvalue weighted by molar-refractivity contribution is 0.0932. The molecule has 1 aliphatic carbocycles. The summed E-state index contributed by atoms with van der Waals surface area (Å²) < 4.78 is 27.1. The third-order valence-electron chi connectivity index (χ3n) is 6.23. The van der Waals surface area contributed by atoms with E-state index in [0.29, 0.717) is 29.4 Å². The van der Waals surface area contributed by atoms with Crippen molar-refractivity contribution in [1.29, 1.82) is 0 Å². The lowest BCUT2D eigenvalue weighted by Gasteiger charge is -2.29. The highest BCUT2D eigenvalue weighted by atomic mass is 35.5. The summed E-state index contributed by atoms with van der Waals surface area (Å²) in [6.45, 7) is 2.92. The van der Waals surface area contributed by atoms with Gasteiger partial charge >= 0.3 is 0 Å². The molecule has 0 bridgehead atoms. The van der Waals surface area contributed by atoms with Gasteiger partial charge in [-0.25, -0.2) is 12.4 Å². The third kappa shape index (κ3) is 3.41. The molecule has 0 saturated heterocycles. The number of hydrogen-bond donors (Lipinski definition) is 2. The van der Waals surface area contributed by atoms with E-state index in [1.807, 2.05) is 6.07 Å². The van der Waals surface area contributed by atoms with Crippen LogP contribution in [-0.4, -0.2) is 35.9 Å². The molecule has 1 saturated carbocycles. The second-order valence-corrected chi connectivity index (χ2v) is 10.4. The van der Waals surface area contributed by atoms with Crippen molar-refractivity contribution in [3.8, 4) is 0 Å². The van der Waals surface area contributed by atoms with Crippen LogP contribution < -0.4 is 5.32 Å². The Morgan fingerprint density at radius 1 is 1.33 bits per heavy atom. The van der Waals surface area contributed by atoms with Crippen molar-refractivity contribution in [2.24, 2.45) is 5.92 Å². The molecule has 2 unspecified atom stereocenters. The van der Waals surface area contributed by atoms with Crippen molar-refractivity contribution in [3.63, 3.8) is 0 Å². The van der Waals surface area contributed by atoms with E-state index in [-0.39, 0.29) is 17.8 Å². The number of fused-ring (bicyclic) bond motifs is 3. The quantitative estimate of drug-likeness (QED) is 0.789. The van der Waals surface area contributed by atoms with E-state index in [9.17, 15) is 13.5 Å². The molecule has 7 heteroatoms. The van der Waals surface area contributed by atoms with Crippen molar-refractivity contribution in [2.45, 2.75) is 57.6 Å². The summed E-state index contributed by atoms with van der Waals surface area (Å²) in [5, 5.41) is 15.7. The van der Waals surface area contributed by atoms with Crippen LogP contribution in [0.5, 0.6) is 0 Å². The summed E-state index contributed by atoms with van der Waals surface area (Å²) in [5.41, 5.74) is 2.53. The Morgan fingerprint density at radius 3 is 2.78 bits per heavy atom. The number of aliphatic hydroxyl groups is 1. The first kappa shape index (κ1) is 19.2. The SMILES string of the molecule is CCS(=O)(=O)n1c2c(c3cc(Cl)ccc31)C(CC(O)C1CCCC1)CNC2. The second kappa shape index (κ2) is 7.39. The smallest absolute Gasteiger partial charge is 0.239 e. The minimum atomic E-state index is -3.43. The average Bonchev–Trinajstić information content (AvgIpc) is 3.28. The summed E-state index contributed by atoms with van der Waals surface area (Å²) in [5.74, 6) is 0.492. The van der Waals surface area contributed by atoms with Crippen LogP contribution in [0.4, 0.5) is 0 Å². The van der Waals surface area contributed by atoms with E-state index in [4.69, 9.17) is 11.6 Å². The monoisotopic (exact) mass is 410 g/mol. The highest BCUT2D eigenvalue weighted by Gasteiger charge is 2.34. The van der Waals surface area contributed by atoms with Gasteiger partial charge in [-0.3, -0.25) is 0 Å². The second-order valence-electron chi connectivity index (χ2n) is 7.86. The molecule has 2 N–H and O–H groups in total. The molecule has 5 nitrogen and oxygen atoms in total. The number of aromatic nitrogens is 1. The molecule has 2 aromatic rings. The molecule has 2 aliphatic rings. The summed E-state index contributed by atoms with van der Waals surface area (Å²) in [7, 11) is -3.43. The Balaban J connectivity index is 1.82. The fourth-order valence-corrected chi connectivity index (χ4v) is 6.26. The van der Waals surface area contributed by atoms with Gasteiger partial charge < -0.3 is 10.4 Å². The molecular weight excluding hydrogens is 384 g/mol. The van der Waals surface area contributed by atoms with Gasteiger partial charge in [-0.05, 0) is 55.9 Å². The van der Waals surface area contributed by atoms with Gasteiger partial charge in [0.05, 0.1) is 23.1 Å². The van der Waals surface area contributed by atoms with Gasteiger partial charge in [-0.2, -0.15) is 0 Å². The molecule has 2 atom stereocenters. The summed E-state index contributed by atoms with van der Waals surface area (Å²) in [6.07, 6.45) is 4.88. The van der Waals surface area contributed by atoms with Gasteiger partial charge in [0.15, 0.2) is 0 Å². The number of halogens is 1. The van der Waals surface area contributed by atoms with E-state index < -0.39 is 10.0 Å². The van der Waals surface area contributed by atoms with Crippen LogP contribution in [0.3, 0.4) is 0 Å². The Bertz CT molecular complexity index is 948. The van der Waals surface area contributed by atoms with Crippen molar-refractivity contribution in [1.82, 2.24) is 9.29 Å². The van der Waals surface area contributed by atoms with Crippen LogP contribution >= 0.6 is 11.6 Å². The summed E-state index contributed by atoms with van der Waals surface area (Å²) in [6, 6.07) is 5.41. The molecule has 1 aromatic heterocycles. The van der Waals surface area contributed by atoms with E-state index in [1.54, 1.807) is 19.1 Å². The number of hydrogen-bond acceptors (Lipinski definition) is 4. The van der Waals surface area contributed by atoms with E-state index >= 15 is 0 Å². The molecule has 1 aliphatic heterocycles. The van der Waals surface area contributed by atoms with Gasteiger partial charge in [-0.15, -0.1) is 0 Å². The molecule has 0 radical (unpaired) electrons. The topological polar surface area (TPSA) is 71.3 Å². The normalized spacial score (nSPS) is 22.3. The third-order valence-corrected chi connectivity index (χ3v) is 8.17. The highest BCUT2D eigenvalue weighted by molar-refractivity contribution is 7.90. The zero-order chi connectivity index (χ0) is 19.2. The standard InChI is InChI=1S/C20H27ClN2O3S/c1-2-27(25,26)23-17-8-7-15(21)10-16(17)20-14(11-22-12-18(20)23)9-19(24)13-5-3-4-6-13/h7-8,10,13-14,19,22,24H,2-6,9,11-12H2,1H3. The largest absolute Gasteiger partial charge is 0.393 e. The molecule has 2 heterocycles. The Morgan fingerprint density at radius 2 is 2.07 bits per heavy atom. The van der Waals surface area contributed by atoms with Crippen LogP contribution in [-0.2, 0) is 16.6 Å². The van der Waals surface area contributed by atoms with Gasteiger partial charge in [-0.1, -0.05) is 24.4 Å². The predicted octanol–water partition coefficient (Wildman–Crippen LogP) is 3.62. The number of nitrogens with one attached hydrogen (secondary N) is 1. The molecule has 0 spiro atoms. The van der Waals surface area contributed by atoms with Crippen LogP contribution in [0.1, 0.15) is 56.2 Å². The summed E-state index contributed by atoms with van der Waals surface area (Å²) >= 11 is 6.25. The van der Waals surface area contributed by atoms with Crippen LogP contribution in [0.15, 0.2) is 18.2 Å². The van der Waals surface area contributed by atoms with Crippen LogP contribution in [0.2, 0.25) is 5.02 Å². The maximum Gasteiger partial charge on any atom is 0.239 e. The van der Waals surface area contributed by atoms with E-state index in [0.717, 1.165) is 36.0 Å². The van der Waals surface area contributed by atoms with Crippen molar-refractivity contribution in [2.75, 3.05) is 12.3 Å². The molecule has 148 valence electrons. The zero-order valence-electron chi connectivity index (χ0n) is 15.6. The Kier molecular flexibility index (Phi) is 5.27. The van der Waals surface area contributed by atoms with Gasteiger partial charge in [0.2, 0.25) is 10.0 Å². The fraction of sp³-hybridized carbons (Fsp3) is 0.600. The maximum absolute atomic E-state index is 12.8. The van der Waals surface area contributed by atoms with Crippen molar-refractivity contribution < 1.29 is 13.5 Å². The zero-order valence-corrected chi connectivity index (χ0v) is 17.2. The van der Waals surface area contributed by atoms with E-state index in [2.05, 4.69) is 5.32 Å². The number of aliphatic hydroxyl groups excluding tert-OH is 1. The molecule has 27 heavy (non-hydrogen) atoms. The van der Waals surface area contributed by atoms with Crippen LogP contribution in [0.25, 0.3) is 10.9 Å². The van der Waals surface area contributed by atoms with Gasteiger partial charge in [0.25, 0.3) is 0 Å². The van der Waals surface area contributed by atoms with Crippen molar-refractivity contribution >= 4 is 32.5 Å². The Labute approximate surface area is 165 Å². The molecule has 4 rings (SSSR count). The number of nitrogens with zero attached hydrogens (tertiary/aromatic N) is 1.